The molecule has 0 aliphatic heterocycles. The number of H-pyrrole nitrogens is 1. The fourth-order valence-corrected chi connectivity index (χ4v) is 5.84. The van der Waals surface area contributed by atoms with Crippen LogP contribution in [-0.2, 0) is 13.1 Å². The van der Waals surface area contributed by atoms with Crippen LogP contribution in [0.4, 0.5) is 0 Å². The van der Waals surface area contributed by atoms with Crippen LogP contribution in [0.15, 0.2) is 53.3 Å². The molecule has 1 saturated carbocycles. The van der Waals surface area contributed by atoms with E-state index in [0.717, 1.165) is 40.7 Å². The average Bonchev–Trinajstić information content (AvgIpc) is 3.37. The SMILES string of the molecule is Cc1ccc2cc(CN(Cc3ccccc3)[C@@H](c3nnnn3C3CCCCC3)C(C)C)c(=O)[nH]c2c1C. The molecule has 4 aromatic rings. The van der Waals surface area contributed by atoms with Gasteiger partial charge in [-0.2, -0.15) is 0 Å². The maximum absolute atomic E-state index is 13.4. The number of tetrazole rings is 1. The first-order valence-corrected chi connectivity index (χ1v) is 13.6. The molecule has 1 atom stereocenters. The van der Waals surface area contributed by atoms with Crippen molar-refractivity contribution < 1.29 is 0 Å². The lowest BCUT2D eigenvalue weighted by Gasteiger charge is -2.35. The van der Waals surface area contributed by atoms with Crippen LogP contribution in [0.1, 0.15) is 86.1 Å². The highest BCUT2D eigenvalue weighted by Crippen LogP contribution is 2.34. The van der Waals surface area contributed by atoms with Gasteiger partial charge in [0.05, 0.1) is 17.6 Å². The molecule has 5 rings (SSSR count). The van der Waals surface area contributed by atoms with Crippen LogP contribution < -0.4 is 5.56 Å². The lowest BCUT2D eigenvalue weighted by atomic mass is 9.94. The van der Waals surface area contributed by atoms with E-state index in [0.29, 0.717) is 19.1 Å². The number of rotatable bonds is 8. The van der Waals surface area contributed by atoms with E-state index >= 15 is 0 Å². The van der Waals surface area contributed by atoms with Gasteiger partial charge in [0.2, 0.25) is 0 Å². The van der Waals surface area contributed by atoms with Crippen molar-refractivity contribution in [2.24, 2.45) is 5.92 Å². The number of nitrogens with zero attached hydrogens (tertiary/aromatic N) is 5. The highest BCUT2D eigenvalue weighted by Gasteiger charge is 2.32. The van der Waals surface area contributed by atoms with Crippen LogP contribution in [0.2, 0.25) is 0 Å². The molecular formula is C30H38N6O. The number of pyridine rings is 1. The maximum atomic E-state index is 13.4. The Bertz CT molecular complexity index is 1400. The van der Waals surface area contributed by atoms with Gasteiger partial charge in [-0.3, -0.25) is 9.69 Å². The first kappa shape index (κ1) is 25.3. The Morgan fingerprint density at radius 3 is 2.51 bits per heavy atom. The van der Waals surface area contributed by atoms with Gasteiger partial charge in [-0.1, -0.05) is 75.6 Å². The second kappa shape index (κ2) is 11.0. The van der Waals surface area contributed by atoms with Crippen LogP contribution in [-0.4, -0.2) is 30.1 Å². The van der Waals surface area contributed by atoms with Gasteiger partial charge in [0.1, 0.15) is 0 Å². The molecule has 7 nitrogen and oxygen atoms in total. The fraction of sp³-hybridized carbons (Fsp3) is 0.467. The van der Waals surface area contributed by atoms with Gasteiger partial charge < -0.3 is 4.98 Å². The van der Waals surface area contributed by atoms with E-state index in [1.165, 1.54) is 30.4 Å². The Balaban J connectivity index is 1.56. The molecule has 2 aromatic carbocycles. The highest BCUT2D eigenvalue weighted by molar-refractivity contribution is 5.83. The monoisotopic (exact) mass is 498 g/mol. The Labute approximate surface area is 218 Å². The summed E-state index contributed by atoms with van der Waals surface area (Å²) in [5, 5.41) is 14.3. The highest BCUT2D eigenvalue weighted by atomic mass is 16.1. The van der Waals surface area contributed by atoms with Crippen molar-refractivity contribution >= 4 is 10.9 Å². The Kier molecular flexibility index (Phi) is 7.51. The summed E-state index contributed by atoms with van der Waals surface area (Å²) in [5.74, 6) is 1.16. The van der Waals surface area contributed by atoms with E-state index in [1.54, 1.807) is 0 Å². The predicted octanol–water partition coefficient (Wildman–Crippen LogP) is 6.04. The zero-order chi connectivity index (χ0) is 25.9. The molecule has 37 heavy (non-hydrogen) atoms. The molecular weight excluding hydrogens is 460 g/mol. The number of nitrogens with one attached hydrogen (secondary N) is 1. The van der Waals surface area contributed by atoms with Crippen molar-refractivity contribution in [3.63, 3.8) is 0 Å². The number of fused-ring (bicyclic) bond motifs is 1. The molecule has 1 aliphatic rings. The fourth-order valence-electron chi connectivity index (χ4n) is 5.84. The van der Waals surface area contributed by atoms with Crippen LogP contribution in [0.3, 0.4) is 0 Å². The largest absolute Gasteiger partial charge is 0.321 e. The minimum Gasteiger partial charge on any atom is -0.321 e. The van der Waals surface area contributed by atoms with Crippen LogP contribution in [0.5, 0.6) is 0 Å². The average molecular weight is 499 g/mol. The molecule has 194 valence electrons. The number of benzene rings is 2. The third-order valence-corrected chi connectivity index (χ3v) is 7.96. The van der Waals surface area contributed by atoms with E-state index in [9.17, 15) is 4.79 Å². The first-order chi connectivity index (χ1) is 17.9. The van der Waals surface area contributed by atoms with Gasteiger partial charge in [-0.05, 0) is 71.2 Å². The number of hydrogen-bond acceptors (Lipinski definition) is 5. The molecule has 0 bridgehead atoms. The maximum Gasteiger partial charge on any atom is 0.252 e. The van der Waals surface area contributed by atoms with E-state index in [4.69, 9.17) is 0 Å². The molecule has 1 aliphatic carbocycles. The molecule has 2 aromatic heterocycles. The van der Waals surface area contributed by atoms with E-state index in [2.05, 4.69) is 100 Å². The lowest BCUT2D eigenvalue weighted by Crippen LogP contribution is -2.36. The lowest BCUT2D eigenvalue weighted by molar-refractivity contribution is 0.121. The zero-order valence-corrected chi connectivity index (χ0v) is 22.4. The van der Waals surface area contributed by atoms with Gasteiger partial charge in [0.25, 0.3) is 5.56 Å². The molecule has 1 fully saturated rings. The second-order valence-corrected chi connectivity index (χ2v) is 10.9. The smallest absolute Gasteiger partial charge is 0.252 e. The Morgan fingerprint density at radius 1 is 1.03 bits per heavy atom. The van der Waals surface area contributed by atoms with Crippen molar-refractivity contribution in [2.45, 2.75) is 85.0 Å². The molecule has 0 spiro atoms. The third-order valence-electron chi connectivity index (χ3n) is 7.96. The number of aromatic amines is 1. The molecule has 0 radical (unpaired) electrons. The van der Waals surface area contributed by atoms with Crippen LogP contribution >= 0.6 is 0 Å². The van der Waals surface area contributed by atoms with E-state index in [1.807, 2.05) is 6.07 Å². The van der Waals surface area contributed by atoms with Gasteiger partial charge >= 0.3 is 0 Å². The summed E-state index contributed by atoms with van der Waals surface area (Å²) in [5.41, 5.74) is 5.14. The Morgan fingerprint density at radius 2 is 1.78 bits per heavy atom. The van der Waals surface area contributed by atoms with Gasteiger partial charge in [-0.15, -0.1) is 5.10 Å². The quantitative estimate of drug-likeness (QED) is 0.321. The predicted molar refractivity (Wildman–Crippen MR) is 147 cm³/mol. The molecule has 0 saturated heterocycles. The third kappa shape index (κ3) is 5.37. The summed E-state index contributed by atoms with van der Waals surface area (Å²) < 4.78 is 2.08. The van der Waals surface area contributed by atoms with Crippen molar-refractivity contribution in [3.8, 4) is 0 Å². The number of hydrogen-bond donors (Lipinski definition) is 1. The van der Waals surface area contributed by atoms with E-state index < -0.39 is 0 Å². The summed E-state index contributed by atoms with van der Waals surface area (Å²) in [6, 6.07) is 17.0. The molecule has 2 heterocycles. The number of aromatic nitrogens is 5. The topological polar surface area (TPSA) is 79.7 Å². The van der Waals surface area contributed by atoms with Crippen LogP contribution in [0, 0.1) is 19.8 Å². The summed E-state index contributed by atoms with van der Waals surface area (Å²) >= 11 is 0. The first-order valence-electron chi connectivity index (χ1n) is 13.6. The van der Waals surface area contributed by atoms with Crippen molar-refractivity contribution in [1.29, 1.82) is 0 Å². The van der Waals surface area contributed by atoms with Crippen LogP contribution in [0.25, 0.3) is 10.9 Å². The summed E-state index contributed by atoms with van der Waals surface area (Å²) in [6.45, 7) is 9.79. The van der Waals surface area contributed by atoms with Crippen molar-refractivity contribution in [3.05, 3.63) is 87.0 Å². The minimum atomic E-state index is -0.0352. The minimum absolute atomic E-state index is 0.0337. The summed E-state index contributed by atoms with van der Waals surface area (Å²) in [6.07, 6.45) is 5.95. The molecule has 1 N–H and O–H groups in total. The van der Waals surface area contributed by atoms with Crippen molar-refractivity contribution in [2.75, 3.05) is 0 Å². The van der Waals surface area contributed by atoms with Crippen molar-refractivity contribution in [1.82, 2.24) is 30.1 Å². The summed E-state index contributed by atoms with van der Waals surface area (Å²) in [4.78, 5) is 18.9. The molecule has 7 heteroatoms. The zero-order valence-electron chi connectivity index (χ0n) is 22.4. The van der Waals surface area contributed by atoms with Gasteiger partial charge in [0, 0.05) is 18.7 Å². The second-order valence-electron chi connectivity index (χ2n) is 10.9. The summed E-state index contributed by atoms with van der Waals surface area (Å²) in [7, 11) is 0. The van der Waals surface area contributed by atoms with Gasteiger partial charge in [-0.25, -0.2) is 4.68 Å². The molecule has 0 amide bonds. The Hall–Kier alpha value is -3.32. The number of aryl methyl sites for hydroxylation is 2. The van der Waals surface area contributed by atoms with E-state index in [-0.39, 0.29) is 17.5 Å². The van der Waals surface area contributed by atoms with Gasteiger partial charge in [0.15, 0.2) is 5.82 Å². The molecule has 0 unspecified atom stereocenters. The standard InChI is InChI=1S/C30H38N6O/c1-20(2)28(29-32-33-34-36(29)26-13-9-6-10-14-26)35(18-23-11-7-5-8-12-23)19-25-17-24-16-15-21(3)22(4)27(24)31-30(25)37/h5,7-8,11-12,15-17,20,26,28H,6,9-10,13-14,18-19H2,1-4H3,(H,31,37)/t28-/m1/s1. The normalized spacial score (nSPS) is 15.6.